The predicted molar refractivity (Wildman–Crippen MR) is 102 cm³/mol. The smallest absolute Gasteiger partial charge is 0.330 e. The molecule has 1 N–H and O–H groups in total. The van der Waals surface area contributed by atoms with Gasteiger partial charge in [0.15, 0.2) is 0 Å². The molecule has 0 aliphatic heterocycles. The lowest BCUT2D eigenvalue weighted by molar-refractivity contribution is 0.0590. The summed E-state index contributed by atoms with van der Waals surface area (Å²) < 4.78 is 7.17. The second-order valence-corrected chi connectivity index (χ2v) is 6.46. The average Bonchev–Trinajstić information content (AvgIpc) is 2.64. The quantitative estimate of drug-likeness (QED) is 0.724. The lowest BCUT2D eigenvalue weighted by atomic mass is 10.1. The molecule has 3 aromatic rings. The van der Waals surface area contributed by atoms with Crippen molar-refractivity contribution in [3.8, 4) is 0 Å². The molecule has 6 heteroatoms. The van der Waals surface area contributed by atoms with E-state index in [-0.39, 0.29) is 12.3 Å². The van der Waals surface area contributed by atoms with E-state index in [0.29, 0.717) is 29.3 Å². The highest BCUT2D eigenvalue weighted by Gasteiger charge is 2.12. The van der Waals surface area contributed by atoms with E-state index in [1.807, 2.05) is 42.5 Å². The van der Waals surface area contributed by atoms with Crippen molar-refractivity contribution in [1.82, 2.24) is 9.55 Å². The molecule has 0 unspecified atom stereocenters. The van der Waals surface area contributed by atoms with Crippen molar-refractivity contribution in [3.63, 3.8) is 0 Å². The molecule has 0 radical (unpaired) electrons. The molecule has 0 saturated carbocycles. The second kappa shape index (κ2) is 8.17. The Morgan fingerprint density at radius 3 is 2.38 bits per heavy atom. The molecule has 3 rings (SSSR count). The zero-order valence-electron chi connectivity index (χ0n) is 14.4. The van der Waals surface area contributed by atoms with E-state index in [1.54, 1.807) is 19.1 Å². The largest absolute Gasteiger partial charge is 0.356 e. The first-order valence-corrected chi connectivity index (χ1v) is 8.61. The topological polar surface area (TPSA) is 64.1 Å². The van der Waals surface area contributed by atoms with Gasteiger partial charge in [-0.25, -0.2) is 4.79 Å². The van der Waals surface area contributed by atoms with Crippen LogP contribution in [0.3, 0.4) is 0 Å². The van der Waals surface area contributed by atoms with Crippen molar-refractivity contribution in [1.29, 1.82) is 0 Å². The van der Waals surface area contributed by atoms with Gasteiger partial charge in [0, 0.05) is 22.7 Å². The second-order valence-electron chi connectivity index (χ2n) is 6.03. The van der Waals surface area contributed by atoms with Crippen LogP contribution in [0.2, 0.25) is 5.02 Å². The summed E-state index contributed by atoms with van der Waals surface area (Å²) in [4.78, 5) is 26.7. The van der Waals surface area contributed by atoms with Crippen molar-refractivity contribution < 1.29 is 4.74 Å². The van der Waals surface area contributed by atoms with Gasteiger partial charge in [0.05, 0.1) is 6.61 Å². The van der Waals surface area contributed by atoms with E-state index in [1.165, 1.54) is 4.57 Å². The number of rotatable bonds is 6. The summed E-state index contributed by atoms with van der Waals surface area (Å²) in [5.74, 6) is 0. The Kier molecular flexibility index (Phi) is 5.71. The van der Waals surface area contributed by atoms with Crippen molar-refractivity contribution in [2.75, 3.05) is 0 Å². The first kappa shape index (κ1) is 18.2. The Labute approximate surface area is 155 Å². The zero-order chi connectivity index (χ0) is 18.5. The minimum atomic E-state index is -0.474. The number of nitrogens with zero attached hydrogens (tertiary/aromatic N) is 1. The van der Waals surface area contributed by atoms with Crippen LogP contribution in [0.25, 0.3) is 0 Å². The van der Waals surface area contributed by atoms with E-state index >= 15 is 0 Å². The molecule has 2 aromatic carbocycles. The number of ether oxygens (including phenoxy) is 1. The molecule has 134 valence electrons. The third kappa shape index (κ3) is 4.31. The van der Waals surface area contributed by atoms with Crippen LogP contribution in [0.15, 0.2) is 64.2 Å². The van der Waals surface area contributed by atoms with Crippen LogP contribution in [0, 0.1) is 6.92 Å². The van der Waals surface area contributed by atoms with E-state index in [9.17, 15) is 9.59 Å². The highest BCUT2D eigenvalue weighted by Crippen LogP contribution is 2.14. The molecular weight excluding hydrogens is 352 g/mol. The molecule has 0 atom stereocenters. The number of hydrogen-bond acceptors (Lipinski definition) is 3. The van der Waals surface area contributed by atoms with Gasteiger partial charge in [-0.3, -0.25) is 14.3 Å². The van der Waals surface area contributed by atoms with Gasteiger partial charge >= 0.3 is 5.69 Å². The fraction of sp³-hybridized carbons (Fsp3) is 0.200. The van der Waals surface area contributed by atoms with Gasteiger partial charge in [0.25, 0.3) is 5.56 Å². The van der Waals surface area contributed by atoms with Gasteiger partial charge in [-0.05, 0) is 30.2 Å². The Morgan fingerprint density at radius 2 is 1.69 bits per heavy atom. The fourth-order valence-electron chi connectivity index (χ4n) is 2.70. The summed E-state index contributed by atoms with van der Waals surface area (Å²) in [5.41, 5.74) is 2.26. The first-order valence-electron chi connectivity index (χ1n) is 8.23. The number of H-pyrrole nitrogens is 1. The predicted octanol–water partition coefficient (Wildman–Crippen LogP) is 3.26. The van der Waals surface area contributed by atoms with Crippen LogP contribution in [0.4, 0.5) is 0 Å². The Hall–Kier alpha value is -2.63. The van der Waals surface area contributed by atoms with Crippen LogP contribution in [-0.2, 0) is 24.5 Å². The molecule has 26 heavy (non-hydrogen) atoms. The highest BCUT2D eigenvalue weighted by atomic mass is 35.5. The maximum atomic E-state index is 12.3. The van der Waals surface area contributed by atoms with Crippen molar-refractivity contribution >= 4 is 11.6 Å². The molecule has 0 aliphatic rings. The van der Waals surface area contributed by atoms with Crippen LogP contribution in [0.5, 0.6) is 0 Å². The van der Waals surface area contributed by atoms with Gasteiger partial charge < -0.3 is 4.74 Å². The van der Waals surface area contributed by atoms with E-state index in [0.717, 1.165) is 11.1 Å². The summed E-state index contributed by atoms with van der Waals surface area (Å²) in [6, 6.07) is 17.0. The van der Waals surface area contributed by atoms with E-state index < -0.39 is 5.69 Å². The van der Waals surface area contributed by atoms with Crippen LogP contribution in [0.1, 0.15) is 22.4 Å². The zero-order valence-corrected chi connectivity index (χ0v) is 15.1. The first-order chi connectivity index (χ1) is 12.5. The van der Waals surface area contributed by atoms with E-state index in [2.05, 4.69) is 4.98 Å². The molecule has 0 spiro atoms. The number of nitrogens with one attached hydrogen (secondary N) is 1. The third-order valence-electron chi connectivity index (χ3n) is 4.18. The Morgan fingerprint density at radius 1 is 1.00 bits per heavy atom. The number of halogens is 1. The molecule has 0 amide bonds. The van der Waals surface area contributed by atoms with Crippen LogP contribution in [-0.4, -0.2) is 9.55 Å². The summed E-state index contributed by atoms with van der Waals surface area (Å²) >= 11 is 5.92. The maximum absolute atomic E-state index is 12.3. The normalized spacial score (nSPS) is 10.8. The van der Waals surface area contributed by atoms with Gasteiger partial charge in [0.1, 0.15) is 6.73 Å². The number of aromatic nitrogens is 2. The molecule has 1 aromatic heterocycles. The lowest BCUT2D eigenvalue weighted by Gasteiger charge is -2.15. The van der Waals surface area contributed by atoms with E-state index in [4.69, 9.17) is 16.3 Å². The minimum Gasteiger partial charge on any atom is -0.356 e. The molecule has 0 aliphatic carbocycles. The maximum Gasteiger partial charge on any atom is 0.330 e. The third-order valence-corrected chi connectivity index (χ3v) is 4.43. The standard InChI is InChI=1S/C20H19ClN2O3/c1-14-18(11-15-7-9-17(21)10-8-15)23(20(25)22-19(14)24)13-26-12-16-5-3-2-4-6-16/h2-10H,11-13H2,1H3,(H,22,24,25). The summed E-state index contributed by atoms with van der Waals surface area (Å²) in [6.45, 7) is 2.15. The van der Waals surface area contributed by atoms with Crippen molar-refractivity contribution in [2.24, 2.45) is 0 Å². The van der Waals surface area contributed by atoms with Gasteiger partial charge in [-0.1, -0.05) is 54.1 Å². The van der Waals surface area contributed by atoms with Crippen molar-refractivity contribution in [3.05, 3.63) is 103 Å². The van der Waals surface area contributed by atoms with Crippen LogP contribution < -0.4 is 11.2 Å². The molecular formula is C20H19ClN2O3. The lowest BCUT2D eigenvalue weighted by Crippen LogP contribution is -2.35. The monoisotopic (exact) mass is 370 g/mol. The molecule has 0 bridgehead atoms. The SMILES string of the molecule is Cc1c(Cc2ccc(Cl)cc2)n(COCc2ccccc2)c(=O)[nH]c1=O. The van der Waals surface area contributed by atoms with Crippen molar-refractivity contribution in [2.45, 2.75) is 26.7 Å². The number of hydrogen-bond donors (Lipinski definition) is 1. The fourth-order valence-corrected chi connectivity index (χ4v) is 2.83. The Bertz CT molecular complexity index is 992. The van der Waals surface area contributed by atoms with Gasteiger partial charge in [-0.2, -0.15) is 0 Å². The summed E-state index contributed by atoms with van der Waals surface area (Å²) in [5, 5.41) is 0.639. The average molecular weight is 371 g/mol. The minimum absolute atomic E-state index is 0.0638. The molecule has 0 fully saturated rings. The van der Waals surface area contributed by atoms with Gasteiger partial charge in [0.2, 0.25) is 0 Å². The molecule has 1 heterocycles. The van der Waals surface area contributed by atoms with Crippen LogP contribution >= 0.6 is 11.6 Å². The summed E-state index contributed by atoms with van der Waals surface area (Å²) in [6.07, 6.45) is 0.441. The molecule has 5 nitrogen and oxygen atoms in total. The van der Waals surface area contributed by atoms with Gasteiger partial charge in [-0.15, -0.1) is 0 Å². The number of benzene rings is 2. The Balaban J connectivity index is 1.86. The number of aromatic amines is 1. The highest BCUT2D eigenvalue weighted by molar-refractivity contribution is 6.30. The summed E-state index contributed by atoms with van der Waals surface area (Å²) in [7, 11) is 0. The molecule has 0 saturated heterocycles.